The van der Waals surface area contributed by atoms with Crippen molar-refractivity contribution >= 4 is 24.2 Å². The van der Waals surface area contributed by atoms with Gasteiger partial charge in [-0.05, 0) is 51.3 Å². The van der Waals surface area contributed by atoms with Crippen molar-refractivity contribution in [3.05, 3.63) is 28.5 Å². The second kappa shape index (κ2) is 5.01. The molecule has 110 valence electrons. The third-order valence-electron chi connectivity index (χ3n) is 4.22. The summed E-state index contributed by atoms with van der Waals surface area (Å²) in [5.41, 5.74) is -0.0310. The molecule has 1 fully saturated rings. The van der Waals surface area contributed by atoms with Crippen molar-refractivity contribution < 1.29 is 13.7 Å². The van der Waals surface area contributed by atoms with Crippen molar-refractivity contribution in [1.82, 2.24) is 0 Å². The standard InChI is InChI=1S/C15H21BClFO2/c1-9(2)11-7-10(17)8-12(13(11)18)16-19-14(3,4)15(5,6)20-16/h7-9H,1-6H3. The van der Waals surface area contributed by atoms with Gasteiger partial charge in [0.1, 0.15) is 5.82 Å². The monoisotopic (exact) mass is 298 g/mol. The average molecular weight is 299 g/mol. The van der Waals surface area contributed by atoms with Crippen molar-refractivity contribution in [2.75, 3.05) is 0 Å². The highest BCUT2D eigenvalue weighted by Crippen LogP contribution is 2.37. The molecule has 1 aliphatic heterocycles. The first-order valence-electron chi connectivity index (χ1n) is 6.89. The number of rotatable bonds is 2. The van der Waals surface area contributed by atoms with Crippen LogP contribution < -0.4 is 5.46 Å². The molecule has 20 heavy (non-hydrogen) atoms. The van der Waals surface area contributed by atoms with Crippen LogP contribution >= 0.6 is 11.6 Å². The second-order valence-corrected chi connectivity index (χ2v) is 7.08. The maximum Gasteiger partial charge on any atom is 0.497 e. The third kappa shape index (κ3) is 2.61. The van der Waals surface area contributed by atoms with Gasteiger partial charge in [0.05, 0.1) is 11.2 Å². The number of halogens is 2. The molecule has 0 saturated carbocycles. The van der Waals surface area contributed by atoms with E-state index in [4.69, 9.17) is 20.9 Å². The van der Waals surface area contributed by atoms with Gasteiger partial charge >= 0.3 is 7.12 Å². The maximum absolute atomic E-state index is 14.6. The predicted molar refractivity (Wildman–Crippen MR) is 81.2 cm³/mol. The molecule has 0 unspecified atom stereocenters. The van der Waals surface area contributed by atoms with Gasteiger partial charge in [0.2, 0.25) is 0 Å². The van der Waals surface area contributed by atoms with Crippen molar-refractivity contribution in [1.29, 1.82) is 0 Å². The van der Waals surface area contributed by atoms with Gasteiger partial charge in [-0.1, -0.05) is 25.4 Å². The third-order valence-corrected chi connectivity index (χ3v) is 4.44. The first-order valence-corrected chi connectivity index (χ1v) is 7.27. The summed E-state index contributed by atoms with van der Waals surface area (Å²) in [4.78, 5) is 0. The van der Waals surface area contributed by atoms with E-state index in [-0.39, 0.29) is 11.7 Å². The van der Waals surface area contributed by atoms with Crippen LogP contribution in [0.5, 0.6) is 0 Å². The SMILES string of the molecule is CC(C)c1cc(Cl)cc(B2OC(C)(C)C(C)(C)O2)c1F. The Morgan fingerprint density at radius 3 is 2.05 bits per heavy atom. The van der Waals surface area contributed by atoms with Gasteiger partial charge in [0.25, 0.3) is 0 Å². The number of hydrogen-bond donors (Lipinski definition) is 0. The second-order valence-electron chi connectivity index (χ2n) is 6.64. The lowest BCUT2D eigenvalue weighted by atomic mass is 9.77. The highest BCUT2D eigenvalue weighted by atomic mass is 35.5. The molecule has 1 aromatic carbocycles. The predicted octanol–water partition coefficient (Wildman–Crippen LogP) is 3.90. The Morgan fingerprint density at radius 1 is 1.10 bits per heavy atom. The summed E-state index contributed by atoms with van der Waals surface area (Å²) in [6.45, 7) is 11.6. The van der Waals surface area contributed by atoms with Crippen LogP contribution in [0.2, 0.25) is 5.02 Å². The minimum absolute atomic E-state index is 0.0508. The van der Waals surface area contributed by atoms with Crippen LogP contribution in [0, 0.1) is 5.82 Å². The summed E-state index contributed by atoms with van der Waals surface area (Å²) in [5.74, 6) is -0.238. The molecule has 0 aliphatic carbocycles. The van der Waals surface area contributed by atoms with Crippen molar-refractivity contribution in [2.45, 2.75) is 58.7 Å². The van der Waals surface area contributed by atoms with Crippen LogP contribution in [0.25, 0.3) is 0 Å². The summed E-state index contributed by atoms with van der Waals surface area (Å²) in [5, 5.41) is 0.500. The van der Waals surface area contributed by atoms with Gasteiger partial charge in [-0.3, -0.25) is 0 Å². The average Bonchev–Trinajstić information content (AvgIpc) is 2.50. The van der Waals surface area contributed by atoms with E-state index in [0.717, 1.165) is 0 Å². The lowest BCUT2D eigenvalue weighted by molar-refractivity contribution is 0.00578. The molecule has 0 aromatic heterocycles. The van der Waals surface area contributed by atoms with Gasteiger partial charge in [-0.2, -0.15) is 0 Å². The van der Waals surface area contributed by atoms with E-state index in [2.05, 4.69) is 0 Å². The smallest absolute Gasteiger partial charge is 0.399 e. The van der Waals surface area contributed by atoms with Crippen LogP contribution in [0.1, 0.15) is 53.0 Å². The van der Waals surface area contributed by atoms with E-state index in [1.807, 2.05) is 41.5 Å². The van der Waals surface area contributed by atoms with Crippen LogP contribution in [0.3, 0.4) is 0 Å². The minimum Gasteiger partial charge on any atom is -0.399 e. The molecular formula is C15H21BClFO2. The fraction of sp³-hybridized carbons (Fsp3) is 0.600. The van der Waals surface area contributed by atoms with Gasteiger partial charge < -0.3 is 9.31 Å². The molecule has 0 bridgehead atoms. The van der Waals surface area contributed by atoms with Gasteiger partial charge in [-0.25, -0.2) is 4.39 Å². The molecule has 0 amide bonds. The summed E-state index contributed by atoms with van der Waals surface area (Å²) >= 11 is 6.11. The van der Waals surface area contributed by atoms with E-state index in [1.54, 1.807) is 12.1 Å². The largest absolute Gasteiger partial charge is 0.497 e. The molecule has 0 spiro atoms. The lowest BCUT2D eigenvalue weighted by Gasteiger charge is -2.32. The van der Waals surface area contributed by atoms with E-state index < -0.39 is 18.3 Å². The van der Waals surface area contributed by atoms with E-state index in [0.29, 0.717) is 16.0 Å². The van der Waals surface area contributed by atoms with Gasteiger partial charge in [0, 0.05) is 10.5 Å². The van der Waals surface area contributed by atoms with Crippen molar-refractivity contribution in [3.63, 3.8) is 0 Å². The Hall–Kier alpha value is -0.575. The number of hydrogen-bond acceptors (Lipinski definition) is 2. The highest BCUT2D eigenvalue weighted by molar-refractivity contribution is 6.62. The molecule has 1 aromatic rings. The Kier molecular flexibility index (Phi) is 3.96. The lowest BCUT2D eigenvalue weighted by Crippen LogP contribution is -2.41. The highest BCUT2D eigenvalue weighted by Gasteiger charge is 2.52. The summed E-state index contributed by atoms with van der Waals surface area (Å²) in [6, 6.07) is 3.25. The molecule has 0 N–H and O–H groups in total. The molecule has 5 heteroatoms. The van der Waals surface area contributed by atoms with E-state index in [9.17, 15) is 4.39 Å². The molecule has 2 rings (SSSR count). The Labute approximate surface area is 125 Å². The van der Waals surface area contributed by atoms with Crippen LogP contribution in [0.15, 0.2) is 12.1 Å². The van der Waals surface area contributed by atoms with Crippen LogP contribution in [-0.4, -0.2) is 18.3 Å². The first-order chi connectivity index (χ1) is 9.05. The molecule has 1 heterocycles. The molecule has 0 atom stereocenters. The fourth-order valence-electron chi connectivity index (χ4n) is 2.19. The Bertz CT molecular complexity index is 513. The Morgan fingerprint density at radius 2 is 1.60 bits per heavy atom. The molecule has 1 saturated heterocycles. The Balaban J connectivity index is 2.45. The zero-order chi connectivity index (χ0) is 15.3. The summed E-state index contributed by atoms with van der Waals surface area (Å²) < 4.78 is 26.4. The first kappa shape index (κ1) is 15.8. The summed E-state index contributed by atoms with van der Waals surface area (Å²) in [6.07, 6.45) is 0. The van der Waals surface area contributed by atoms with Gasteiger partial charge in [-0.15, -0.1) is 0 Å². The van der Waals surface area contributed by atoms with E-state index >= 15 is 0 Å². The molecule has 0 radical (unpaired) electrons. The molecule has 2 nitrogen and oxygen atoms in total. The van der Waals surface area contributed by atoms with Crippen molar-refractivity contribution in [2.24, 2.45) is 0 Å². The van der Waals surface area contributed by atoms with Crippen LogP contribution in [0.4, 0.5) is 4.39 Å². The topological polar surface area (TPSA) is 18.5 Å². The fourth-order valence-corrected chi connectivity index (χ4v) is 2.43. The van der Waals surface area contributed by atoms with Gasteiger partial charge in [0.15, 0.2) is 0 Å². The van der Waals surface area contributed by atoms with Crippen LogP contribution in [-0.2, 0) is 9.31 Å². The van der Waals surface area contributed by atoms with Crippen molar-refractivity contribution in [3.8, 4) is 0 Å². The maximum atomic E-state index is 14.6. The van der Waals surface area contributed by atoms with E-state index in [1.165, 1.54) is 0 Å². The molecule has 1 aliphatic rings. The number of benzene rings is 1. The minimum atomic E-state index is -0.726. The normalized spacial score (nSPS) is 20.8. The zero-order valence-electron chi connectivity index (χ0n) is 12.9. The quantitative estimate of drug-likeness (QED) is 0.771. The zero-order valence-corrected chi connectivity index (χ0v) is 13.6. The summed E-state index contributed by atoms with van der Waals surface area (Å²) in [7, 11) is -0.726. The molecular weight excluding hydrogens is 277 g/mol.